The van der Waals surface area contributed by atoms with Gasteiger partial charge in [-0.05, 0) is 12.1 Å². The first-order valence-corrected chi connectivity index (χ1v) is 6.17. The Hall–Kier alpha value is -1.99. The summed E-state index contributed by atoms with van der Waals surface area (Å²) >= 11 is 0. The number of piperazine rings is 1. The average Bonchev–Trinajstić information content (AvgIpc) is 2.37. The maximum atomic E-state index is 12.2. The lowest BCUT2D eigenvalue weighted by Gasteiger charge is -2.36. The van der Waals surface area contributed by atoms with Crippen molar-refractivity contribution in [1.29, 1.82) is 0 Å². The Bertz CT molecular complexity index is 484. The highest BCUT2D eigenvalue weighted by atomic mass is 19.4. The Morgan fingerprint density at radius 3 is 2.50 bits per heavy atom. The Balaban J connectivity index is 1.93. The van der Waals surface area contributed by atoms with Crippen molar-refractivity contribution in [3.63, 3.8) is 0 Å². The Labute approximate surface area is 114 Å². The van der Waals surface area contributed by atoms with E-state index < -0.39 is 18.5 Å². The maximum Gasteiger partial charge on any atom is 0.397 e. The normalized spacial score (nSPS) is 16.4. The summed E-state index contributed by atoms with van der Waals surface area (Å²) in [7, 11) is 0. The molecular weight excluding hydrogens is 273 g/mol. The molecule has 1 fully saturated rings. The van der Waals surface area contributed by atoms with Gasteiger partial charge >= 0.3 is 6.18 Å². The minimum Gasteiger partial charge on any atom is -0.396 e. The summed E-state index contributed by atoms with van der Waals surface area (Å²) in [6.07, 6.45) is -4.26. The number of rotatable bonds is 2. The highest BCUT2D eigenvalue weighted by molar-refractivity contribution is 5.77. The molecule has 0 radical (unpaired) electrons. The van der Waals surface area contributed by atoms with Crippen LogP contribution in [0.3, 0.4) is 0 Å². The number of hydrogen-bond acceptors (Lipinski definition) is 4. The lowest BCUT2D eigenvalue weighted by molar-refractivity contribution is -0.161. The number of nitrogen functional groups attached to an aromatic ring is 1. The lowest BCUT2D eigenvalue weighted by Crippen LogP contribution is -2.49. The van der Waals surface area contributed by atoms with Gasteiger partial charge in [-0.25, -0.2) is 4.98 Å². The third-order valence-corrected chi connectivity index (χ3v) is 3.10. The maximum absolute atomic E-state index is 12.2. The third-order valence-electron chi connectivity index (χ3n) is 3.10. The summed E-state index contributed by atoms with van der Waals surface area (Å²) in [6, 6.07) is 3.42. The number of nitrogens with zero attached hydrogens (tertiary/aromatic N) is 3. The molecule has 0 spiro atoms. The molecule has 5 nitrogen and oxygen atoms in total. The third kappa shape index (κ3) is 3.52. The van der Waals surface area contributed by atoms with Crippen molar-refractivity contribution in [2.75, 3.05) is 36.8 Å². The van der Waals surface area contributed by atoms with Gasteiger partial charge in [0.1, 0.15) is 6.42 Å². The summed E-state index contributed by atoms with van der Waals surface area (Å²) < 4.78 is 36.5. The molecule has 0 bridgehead atoms. The van der Waals surface area contributed by atoms with E-state index in [1.54, 1.807) is 18.3 Å². The highest BCUT2D eigenvalue weighted by Gasteiger charge is 2.34. The summed E-state index contributed by atoms with van der Waals surface area (Å²) in [5, 5.41) is 0. The molecule has 1 aliphatic rings. The first-order chi connectivity index (χ1) is 9.37. The van der Waals surface area contributed by atoms with Crippen molar-refractivity contribution in [2.45, 2.75) is 12.6 Å². The van der Waals surface area contributed by atoms with Crippen molar-refractivity contribution in [3.05, 3.63) is 18.3 Å². The average molecular weight is 288 g/mol. The number of halogens is 3. The molecule has 1 saturated heterocycles. The van der Waals surface area contributed by atoms with Crippen LogP contribution in [0.15, 0.2) is 18.3 Å². The molecule has 2 heterocycles. The number of carbonyl (C=O) groups is 1. The molecule has 1 aliphatic heterocycles. The number of alkyl halides is 3. The molecule has 1 amide bonds. The van der Waals surface area contributed by atoms with Crippen molar-refractivity contribution in [1.82, 2.24) is 9.88 Å². The highest BCUT2D eigenvalue weighted by Crippen LogP contribution is 2.23. The van der Waals surface area contributed by atoms with Crippen LogP contribution in [0.4, 0.5) is 24.7 Å². The lowest BCUT2D eigenvalue weighted by atomic mass is 10.2. The first-order valence-electron chi connectivity index (χ1n) is 6.17. The molecular formula is C12H15F3N4O. The van der Waals surface area contributed by atoms with Crippen LogP contribution < -0.4 is 10.6 Å². The molecule has 0 aliphatic carbocycles. The smallest absolute Gasteiger partial charge is 0.396 e. The van der Waals surface area contributed by atoms with Crippen LogP contribution >= 0.6 is 0 Å². The second kappa shape index (κ2) is 5.56. The molecule has 0 unspecified atom stereocenters. The van der Waals surface area contributed by atoms with Crippen LogP contribution in [-0.4, -0.2) is 48.1 Å². The zero-order valence-corrected chi connectivity index (χ0v) is 10.7. The second-order valence-electron chi connectivity index (χ2n) is 4.58. The van der Waals surface area contributed by atoms with E-state index in [1.807, 2.05) is 4.90 Å². The van der Waals surface area contributed by atoms with Gasteiger partial charge in [0.05, 0.1) is 5.69 Å². The molecule has 2 N–H and O–H groups in total. The van der Waals surface area contributed by atoms with Gasteiger partial charge in [-0.15, -0.1) is 0 Å². The van der Waals surface area contributed by atoms with Crippen LogP contribution in [0.25, 0.3) is 0 Å². The van der Waals surface area contributed by atoms with Gasteiger partial charge < -0.3 is 15.5 Å². The van der Waals surface area contributed by atoms with Gasteiger partial charge in [-0.1, -0.05) is 0 Å². The van der Waals surface area contributed by atoms with E-state index in [4.69, 9.17) is 5.73 Å². The van der Waals surface area contributed by atoms with Crippen LogP contribution in [0.2, 0.25) is 0 Å². The molecule has 0 aromatic carbocycles. The zero-order chi connectivity index (χ0) is 14.8. The molecule has 1 aromatic heterocycles. The number of anilines is 2. The van der Waals surface area contributed by atoms with E-state index in [2.05, 4.69) is 4.98 Å². The standard InChI is InChI=1S/C12H15F3N4O/c13-12(14,15)8-10(20)18-4-6-19(7-5-18)11-9(16)2-1-3-17-11/h1-3H,4-8,16H2. The first kappa shape index (κ1) is 14.4. The molecule has 0 saturated carbocycles. The number of hydrogen-bond donors (Lipinski definition) is 1. The fourth-order valence-electron chi connectivity index (χ4n) is 2.12. The van der Waals surface area contributed by atoms with E-state index in [9.17, 15) is 18.0 Å². The quantitative estimate of drug-likeness (QED) is 0.890. The Morgan fingerprint density at radius 1 is 1.30 bits per heavy atom. The minimum atomic E-state index is -4.46. The Morgan fingerprint density at radius 2 is 1.95 bits per heavy atom. The summed E-state index contributed by atoms with van der Waals surface area (Å²) in [6.45, 7) is 1.32. The van der Waals surface area contributed by atoms with E-state index in [0.717, 1.165) is 0 Å². The van der Waals surface area contributed by atoms with Gasteiger partial charge in [0.15, 0.2) is 5.82 Å². The monoisotopic (exact) mass is 288 g/mol. The summed E-state index contributed by atoms with van der Waals surface area (Å²) in [4.78, 5) is 18.7. The molecule has 1 aromatic rings. The van der Waals surface area contributed by atoms with E-state index in [-0.39, 0.29) is 13.1 Å². The summed E-state index contributed by atoms with van der Waals surface area (Å²) in [5.74, 6) is -0.276. The predicted molar refractivity (Wildman–Crippen MR) is 68.1 cm³/mol. The predicted octanol–water partition coefficient (Wildman–Crippen LogP) is 1.26. The fourth-order valence-corrected chi connectivity index (χ4v) is 2.12. The number of carbonyl (C=O) groups excluding carboxylic acids is 1. The Kier molecular flexibility index (Phi) is 4.01. The van der Waals surface area contributed by atoms with Gasteiger partial charge in [-0.2, -0.15) is 13.2 Å². The zero-order valence-electron chi connectivity index (χ0n) is 10.7. The van der Waals surface area contributed by atoms with Crippen LogP contribution in [0, 0.1) is 0 Å². The van der Waals surface area contributed by atoms with Crippen molar-refractivity contribution in [3.8, 4) is 0 Å². The largest absolute Gasteiger partial charge is 0.397 e. The number of nitrogens with two attached hydrogens (primary N) is 1. The molecule has 20 heavy (non-hydrogen) atoms. The minimum absolute atomic E-state index is 0.241. The second-order valence-corrected chi connectivity index (χ2v) is 4.58. The van der Waals surface area contributed by atoms with E-state index in [1.165, 1.54) is 4.90 Å². The van der Waals surface area contributed by atoms with Crippen molar-refractivity contribution < 1.29 is 18.0 Å². The van der Waals surface area contributed by atoms with E-state index in [0.29, 0.717) is 24.6 Å². The van der Waals surface area contributed by atoms with Gasteiger partial charge in [0.2, 0.25) is 5.91 Å². The van der Waals surface area contributed by atoms with Crippen molar-refractivity contribution in [2.24, 2.45) is 0 Å². The van der Waals surface area contributed by atoms with Gasteiger partial charge in [0, 0.05) is 32.4 Å². The van der Waals surface area contributed by atoms with Crippen LogP contribution in [0.1, 0.15) is 6.42 Å². The fraction of sp³-hybridized carbons (Fsp3) is 0.500. The molecule has 8 heteroatoms. The summed E-state index contributed by atoms with van der Waals surface area (Å²) in [5.41, 5.74) is 6.31. The molecule has 0 atom stereocenters. The van der Waals surface area contributed by atoms with Crippen LogP contribution in [0.5, 0.6) is 0 Å². The molecule has 2 rings (SSSR count). The van der Waals surface area contributed by atoms with Crippen LogP contribution in [-0.2, 0) is 4.79 Å². The SMILES string of the molecule is Nc1cccnc1N1CCN(C(=O)CC(F)(F)F)CC1. The number of aromatic nitrogens is 1. The number of amides is 1. The number of pyridine rings is 1. The van der Waals surface area contributed by atoms with Gasteiger partial charge in [0.25, 0.3) is 0 Å². The van der Waals surface area contributed by atoms with E-state index >= 15 is 0 Å². The topological polar surface area (TPSA) is 62.5 Å². The molecule has 110 valence electrons. The van der Waals surface area contributed by atoms with Gasteiger partial charge in [-0.3, -0.25) is 4.79 Å². The van der Waals surface area contributed by atoms with Crippen molar-refractivity contribution >= 4 is 17.4 Å².